The normalized spacial score (nSPS) is 13.2. The van der Waals surface area contributed by atoms with E-state index in [-0.39, 0.29) is 6.42 Å². The van der Waals surface area contributed by atoms with Crippen molar-refractivity contribution in [3.05, 3.63) is 71.2 Å². The average Bonchev–Trinajstić information content (AvgIpc) is 3.26. The lowest BCUT2D eigenvalue weighted by Gasteiger charge is -2.22. The second-order valence-corrected chi connectivity index (χ2v) is 9.34. The van der Waals surface area contributed by atoms with Crippen LogP contribution in [0.2, 0.25) is 0 Å². The molecule has 0 bridgehead atoms. The van der Waals surface area contributed by atoms with Crippen LogP contribution in [0.3, 0.4) is 0 Å². The molecule has 6 rings (SSSR count). The van der Waals surface area contributed by atoms with Crippen LogP contribution >= 0.6 is 0 Å². The van der Waals surface area contributed by atoms with E-state index in [4.69, 9.17) is 14.7 Å². The fourth-order valence-electron chi connectivity index (χ4n) is 5.18. The fraction of sp³-hybridized carbons (Fsp3) is 0.250. The summed E-state index contributed by atoms with van der Waals surface area (Å²) in [6, 6.07) is 12.2. The number of nitrogens with zero attached hydrogens (tertiary/aromatic N) is 3. The van der Waals surface area contributed by atoms with Gasteiger partial charge in [0, 0.05) is 35.2 Å². The van der Waals surface area contributed by atoms with Crippen molar-refractivity contribution in [2.24, 2.45) is 0 Å². The van der Waals surface area contributed by atoms with Crippen LogP contribution in [-0.4, -0.2) is 32.1 Å². The minimum atomic E-state index is -0.853. The summed E-state index contributed by atoms with van der Waals surface area (Å²) < 4.78 is 8.05. The summed E-state index contributed by atoms with van der Waals surface area (Å²) in [5.41, 5.74) is 8.58. The molecule has 2 aromatic carbocycles. The summed E-state index contributed by atoms with van der Waals surface area (Å²) in [4.78, 5) is 21.5. The Balaban J connectivity index is 1.75. The van der Waals surface area contributed by atoms with Gasteiger partial charge in [-0.3, -0.25) is 14.2 Å². The first-order valence-electron chi connectivity index (χ1n) is 11.6. The van der Waals surface area contributed by atoms with Crippen molar-refractivity contribution in [2.75, 3.05) is 6.61 Å². The molecule has 6 nitrogen and oxygen atoms in total. The number of ether oxygens (including phenoxy) is 1. The molecule has 6 heteroatoms. The SMILES string of the molecule is Cc1cc2c(ccc3nc(C(C)C)cn32)c(-c2ccc3c4c(ccnc24)CCO3)c1CC(=O)O. The molecule has 34 heavy (non-hydrogen) atoms. The van der Waals surface area contributed by atoms with Crippen molar-refractivity contribution in [1.29, 1.82) is 0 Å². The molecule has 170 valence electrons. The van der Waals surface area contributed by atoms with Gasteiger partial charge in [-0.15, -0.1) is 0 Å². The number of imidazole rings is 1. The number of benzene rings is 2. The molecule has 0 saturated carbocycles. The summed E-state index contributed by atoms with van der Waals surface area (Å²) in [6.07, 6.45) is 4.70. The van der Waals surface area contributed by atoms with E-state index in [0.29, 0.717) is 12.5 Å². The highest BCUT2D eigenvalue weighted by molar-refractivity contribution is 6.08. The van der Waals surface area contributed by atoms with Crippen LogP contribution in [0.15, 0.2) is 48.8 Å². The van der Waals surface area contributed by atoms with Crippen LogP contribution < -0.4 is 4.74 Å². The number of aryl methyl sites for hydroxylation is 1. The Morgan fingerprint density at radius 3 is 2.85 bits per heavy atom. The predicted molar refractivity (Wildman–Crippen MR) is 133 cm³/mol. The van der Waals surface area contributed by atoms with E-state index in [1.807, 2.05) is 37.4 Å². The summed E-state index contributed by atoms with van der Waals surface area (Å²) in [6.45, 7) is 6.91. The summed E-state index contributed by atoms with van der Waals surface area (Å²) >= 11 is 0. The molecule has 3 aromatic heterocycles. The van der Waals surface area contributed by atoms with E-state index >= 15 is 0 Å². The molecule has 4 heterocycles. The molecule has 0 atom stereocenters. The minimum Gasteiger partial charge on any atom is -0.493 e. The lowest BCUT2D eigenvalue weighted by Crippen LogP contribution is -2.10. The van der Waals surface area contributed by atoms with Crippen molar-refractivity contribution in [3.63, 3.8) is 0 Å². The van der Waals surface area contributed by atoms with Gasteiger partial charge in [0.15, 0.2) is 0 Å². The summed E-state index contributed by atoms with van der Waals surface area (Å²) in [5.74, 6) is 0.295. The zero-order valence-corrected chi connectivity index (χ0v) is 19.4. The van der Waals surface area contributed by atoms with E-state index in [2.05, 4.69) is 36.6 Å². The maximum absolute atomic E-state index is 11.9. The molecule has 0 unspecified atom stereocenters. The van der Waals surface area contributed by atoms with E-state index in [1.165, 1.54) is 5.56 Å². The third-order valence-electron chi connectivity index (χ3n) is 6.84. The quantitative estimate of drug-likeness (QED) is 0.379. The van der Waals surface area contributed by atoms with E-state index < -0.39 is 5.97 Å². The Hall–Kier alpha value is -3.93. The lowest BCUT2D eigenvalue weighted by molar-refractivity contribution is -0.136. The third kappa shape index (κ3) is 3.05. The van der Waals surface area contributed by atoms with Gasteiger partial charge in [-0.2, -0.15) is 0 Å². The molecule has 0 radical (unpaired) electrons. The maximum atomic E-state index is 11.9. The number of aliphatic carboxylic acids is 1. The molecule has 0 saturated heterocycles. The van der Waals surface area contributed by atoms with Gasteiger partial charge in [0.1, 0.15) is 11.4 Å². The molecular weight excluding hydrogens is 426 g/mol. The minimum absolute atomic E-state index is 0.0598. The third-order valence-corrected chi connectivity index (χ3v) is 6.84. The van der Waals surface area contributed by atoms with Gasteiger partial charge < -0.3 is 9.84 Å². The van der Waals surface area contributed by atoms with Crippen LogP contribution in [0.5, 0.6) is 5.75 Å². The van der Waals surface area contributed by atoms with Crippen LogP contribution in [0.25, 0.3) is 38.6 Å². The van der Waals surface area contributed by atoms with E-state index in [9.17, 15) is 9.90 Å². The number of carboxylic acid groups (broad SMARTS) is 1. The highest BCUT2D eigenvalue weighted by atomic mass is 16.5. The fourth-order valence-corrected chi connectivity index (χ4v) is 5.18. The van der Waals surface area contributed by atoms with Crippen molar-refractivity contribution >= 4 is 33.4 Å². The first kappa shape index (κ1) is 20.7. The molecule has 0 aliphatic carbocycles. The Kier molecular flexibility index (Phi) is 4.59. The Morgan fingerprint density at radius 1 is 1.21 bits per heavy atom. The number of aromatic nitrogens is 3. The maximum Gasteiger partial charge on any atom is 0.307 e. The molecule has 0 fully saturated rings. The van der Waals surface area contributed by atoms with Gasteiger partial charge in [-0.05, 0) is 71.5 Å². The highest BCUT2D eigenvalue weighted by Crippen LogP contribution is 2.42. The van der Waals surface area contributed by atoms with Gasteiger partial charge in [-0.1, -0.05) is 13.8 Å². The average molecular weight is 452 g/mol. The monoisotopic (exact) mass is 451 g/mol. The Bertz CT molecular complexity index is 1620. The van der Waals surface area contributed by atoms with Crippen molar-refractivity contribution < 1.29 is 14.6 Å². The molecule has 0 spiro atoms. The summed E-state index contributed by atoms with van der Waals surface area (Å²) in [7, 11) is 0. The molecule has 1 aliphatic heterocycles. The van der Waals surface area contributed by atoms with Crippen LogP contribution in [-0.2, 0) is 17.6 Å². The number of fused-ring (bicyclic) bond motifs is 3. The number of hydrogen-bond donors (Lipinski definition) is 1. The van der Waals surface area contributed by atoms with Gasteiger partial charge in [0.25, 0.3) is 0 Å². The van der Waals surface area contributed by atoms with Crippen LogP contribution in [0.1, 0.15) is 42.1 Å². The molecule has 1 N–H and O–H groups in total. The first-order chi connectivity index (χ1) is 16.4. The van der Waals surface area contributed by atoms with Crippen molar-refractivity contribution in [2.45, 2.75) is 39.5 Å². The summed E-state index contributed by atoms with van der Waals surface area (Å²) in [5, 5.41) is 11.8. The van der Waals surface area contributed by atoms with Crippen molar-refractivity contribution in [1.82, 2.24) is 14.4 Å². The number of carboxylic acids is 1. The highest BCUT2D eigenvalue weighted by Gasteiger charge is 2.23. The number of rotatable bonds is 4. The van der Waals surface area contributed by atoms with E-state index in [0.717, 1.165) is 67.6 Å². The van der Waals surface area contributed by atoms with Gasteiger partial charge in [0.05, 0.1) is 29.8 Å². The van der Waals surface area contributed by atoms with Crippen molar-refractivity contribution in [3.8, 4) is 16.9 Å². The first-order valence-corrected chi connectivity index (χ1v) is 11.6. The Morgan fingerprint density at radius 2 is 2.06 bits per heavy atom. The predicted octanol–water partition coefficient (Wildman–Crippen LogP) is 5.70. The number of hydrogen-bond acceptors (Lipinski definition) is 4. The van der Waals surface area contributed by atoms with E-state index in [1.54, 1.807) is 0 Å². The second-order valence-electron chi connectivity index (χ2n) is 9.34. The van der Waals surface area contributed by atoms with Crippen LogP contribution in [0.4, 0.5) is 0 Å². The van der Waals surface area contributed by atoms with Crippen LogP contribution in [0, 0.1) is 6.92 Å². The second kappa shape index (κ2) is 7.55. The molecule has 0 amide bonds. The number of carbonyl (C=O) groups is 1. The molecule has 1 aliphatic rings. The standard InChI is InChI=1S/C28H25N3O3/c1-15(2)21-14-31-22-12-16(3)20(13-25(32)33)27(18(22)5-7-24(31)30-21)19-4-6-23-26-17(9-11-34-23)8-10-29-28(19)26/h4-8,10,12,14-15H,9,11,13H2,1-3H3,(H,32,33). The Labute approximate surface area is 196 Å². The topological polar surface area (TPSA) is 76.7 Å². The lowest BCUT2D eigenvalue weighted by atomic mass is 9.88. The smallest absolute Gasteiger partial charge is 0.307 e. The van der Waals surface area contributed by atoms with Gasteiger partial charge in [-0.25, -0.2) is 4.98 Å². The van der Waals surface area contributed by atoms with Gasteiger partial charge in [0.2, 0.25) is 0 Å². The largest absolute Gasteiger partial charge is 0.493 e. The number of pyridine rings is 2. The zero-order chi connectivity index (χ0) is 23.6. The molecular formula is C28H25N3O3. The zero-order valence-electron chi connectivity index (χ0n) is 19.4. The van der Waals surface area contributed by atoms with Gasteiger partial charge >= 0.3 is 5.97 Å². The molecule has 5 aromatic rings.